The Balaban J connectivity index is 2.46. The van der Waals surface area contributed by atoms with Crippen LogP contribution in [-0.2, 0) is 6.42 Å². The molecule has 2 nitrogen and oxygen atoms in total. The Morgan fingerprint density at radius 2 is 2.00 bits per heavy atom. The highest BCUT2D eigenvalue weighted by molar-refractivity contribution is 5.50. The number of benzene rings is 1. The molecule has 1 aromatic carbocycles. The number of unbranched alkanes of at least 4 members (excludes halogenated alkanes) is 2. The molecule has 0 bridgehead atoms. The zero-order valence-corrected chi connectivity index (χ0v) is 14.7. The van der Waals surface area contributed by atoms with E-state index in [1.807, 2.05) is 6.07 Å². The molecule has 0 aromatic heterocycles. The molecule has 2 heteroatoms. The van der Waals surface area contributed by atoms with Crippen LogP contribution in [0.3, 0.4) is 0 Å². The van der Waals surface area contributed by atoms with E-state index in [2.05, 4.69) is 33.4 Å². The number of phenolic OH excluding ortho intramolecular Hbond substituents is 2. The van der Waals surface area contributed by atoms with Crippen LogP contribution >= 0.6 is 0 Å². The van der Waals surface area contributed by atoms with Gasteiger partial charge in [0, 0.05) is 17.5 Å². The van der Waals surface area contributed by atoms with Gasteiger partial charge >= 0.3 is 0 Å². The summed E-state index contributed by atoms with van der Waals surface area (Å²) in [6.07, 6.45) is 8.78. The van der Waals surface area contributed by atoms with E-state index in [-0.39, 0.29) is 17.4 Å². The van der Waals surface area contributed by atoms with E-state index < -0.39 is 0 Å². The summed E-state index contributed by atoms with van der Waals surface area (Å²) in [5.74, 6) is 0.900. The van der Waals surface area contributed by atoms with E-state index in [4.69, 9.17) is 0 Å². The molecule has 0 saturated carbocycles. The van der Waals surface area contributed by atoms with Gasteiger partial charge in [0.15, 0.2) is 0 Å². The van der Waals surface area contributed by atoms with Crippen molar-refractivity contribution < 1.29 is 10.2 Å². The summed E-state index contributed by atoms with van der Waals surface area (Å²) in [5.41, 5.74) is 4.62. The number of allylic oxidation sites excluding steroid dienone is 3. The number of rotatable bonds is 6. The molecule has 2 N–H and O–H groups in total. The largest absolute Gasteiger partial charge is 0.508 e. The van der Waals surface area contributed by atoms with Crippen LogP contribution in [0.25, 0.3) is 0 Å². The van der Waals surface area contributed by atoms with Gasteiger partial charge in [-0.2, -0.15) is 0 Å². The minimum Gasteiger partial charge on any atom is -0.508 e. The highest BCUT2D eigenvalue weighted by Crippen LogP contribution is 2.45. The maximum atomic E-state index is 10.5. The van der Waals surface area contributed by atoms with Crippen LogP contribution in [0.15, 0.2) is 35.9 Å². The average Bonchev–Trinajstić information content (AvgIpc) is 2.46. The summed E-state index contributed by atoms with van der Waals surface area (Å²) < 4.78 is 0. The molecule has 23 heavy (non-hydrogen) atoms. The standard InChI is InChI=1S/C21H30O2/c1-5-6-7-8-16-12-17(22)13-20(23)21(16)19-11-15(4)9-10-18(19)14(2)3/h11-13,18-19,22-23H,2,5-10H2,1,3-4H3/t18-,19+/m0/s1. The third-order valence-electron chi connectivity index (χ3n) is 4.99. The van der Waals surface area contributed by atoms with E-state index in [1.165, 1.54) is 23.6 Å². The maximum Gasteiger partial charge on any atom is 0.123 e. The topological polar surface area (TPSA) is 40.5 Å². The molecule has 0 amide bonds. The minimum atomic E-state index is 0.154. The van der Waals surface area contributed by atoms with Crippen LogP contribution in [0.5, 0.6) is 11.5 Å². The normalized spacial score (nSPS) is 21.1. The molecule has 0 spiro atoms. The van der Waals surface area contributed by atoms with Crippen molar-refractivity contribution in [2.24, 2.45) is 5.92 Å². The Hall–Kier alpha value is -1.70. The minimum absolute atomic E-state index is 0.154. The first kappa shape index (κ1) is 17.7. The monoisotopic (exact) mass is 314 g/mol. The zero-order valence-electron chi connectivity index (χ0n) is 14.7. The average molecular weight is 314 g/mol. The number of aryl methyl sites for hydroxylation is 1. The molecule has 0 radical (unpaired) electrons. The predicted molar refractivity (Wildman–Crippen MR) is 97.0 cm³/mol. The molecule has 126 valence electrons. The summed E-state index contributed by atoms with van der Waals surface area (Å²) in [6.45, 7) is 10.6. The van der Waals surface area contributed by atoms with Crippen LogP contribution < -0.4 is 0 Å². The summed E-state index contributed by atoms with van der Waals surface area (Å²) in [6, 6.07) is 3.31. The van der Waals surface area contributed by atoms with Gasteiger partial charge in [0.25, 0.3) is 0 Å². The van der Waals surface area contributed by atoms with Gasteiger partial charge in [-0.3, -0.25) is 0 Å². The molecule has 2 atom stereocenters. The smallest absolute Gasteiger partial charge is 0.123 e. The Kier molecular flexibility index (Phi) is 5.92. The first-order chi connectivity index (χ1) is 10.9. The molecule has 0 heterocycles. The molecular formula is C21H30O2. The van der Waals surface area contributed by atoms with E-state index in [1.54, 1.807) is 0 Å². The Morgan fingerprint density at radius 3 is 2.65 bits per heavy atom. The lowest BCUT2D eigenvalue weighted by atomic mass is 9.72. The Morgan fingerprint density at radius 1 is 1.26 bits per heavy atom. The molecule has 0 saturated heterocycles. The van der Waals surface area contributed by atoms with Crippen LogP contribution in [0.2, 0.25) is 0 Å². The quantitative estimate of drug-likeness (QED) is 0.511. The van der Waals surface area contributed by atoms with Crippen LogP contribution in [0.4, 0.5) is 0 Å². The third-order valence-corrected chi connectivity index (χ3v) is 4.99. The summed E-state index contributed by atoms with van der Waals surface area (Å²) >= 11 is 0. The van der Waals surface area contributed by atoms with Crippen molar-refractivity contribution >= 4 is 0 Å². The summed E-state index contributed by atoms with van der Waals surface area (Å²) in [5, 5.41) is 20.5. The highest BCUT2D eigenvalue weighted by Gasteiger charge is 2.29. The zero-order chi connectivity index (χ0) is 17.0. The third kappa shape index (κ3) is 4.19. The van der Waals surface area contributed by atoms with Gasteiger partial charge in [-0.15, -0.1) is 0 Å². The van der Waals surface area contributed by atoms with Gasteiger partial charge in [-0.05, 0) is 57.1 Å². The highest BCUT2D eigenvalue weighted by atomic mass is 16.3. The van der Waals surface area contributed by atoms with E-state index in [9.17, 15) is 10.2 Å². The van der Waals surface area contributed by atoms with Crippen molar-refractivity contribution in [1.29, 1.82) is 0 Å². The first-order valence-electron chi connectivity index (χ1n) is 8.81. The van der Waals surface area contributed by atoms with E-state index >= 15 is 0 Å². The number of aromatic hydroxyl groups is 2. The second kappa shape index (κ2) is 7.72. The van der Waals surface area contributed by atoms with Crippen molar-refractivity contribution in [3.63, 3.8) is 0 Å². The molecule has 1 aromatic rings. The molecular weight excluding hydrogens is 284 g/mol. The van der Waals surface area contributed by atoms with E-state index in [0.717, 1.165) is 43.2 Å². The molecule has 1 aliphatic carbocycles. The Labute approximate surface area is 140 Å². The van der Waals surface area contributed by atoms with Crippen LogP contribution in [0, 0.1) is 5.92 Å². The van der Waals surface area contributed by atoms with Gasteiger partial charge < -0.3 is 10.2 Å². The van der Waals surface area contributed by atoms with Gasteiger partial charge in [-0.1, -0.05) is 43.6 Å². The van der Waals surface area contributed by atoms with Gasteiger partial charge in [0.1, 0.15) is 11.5 Å². The van der Waals surface area contributed by atoms with Crippen LogP contribution in [0.1, 0.15) is 69.9 Å². The summed E-state index contributed by atoms with van der Waals surface area (Å²) in [4.78, 5) is 0. The Bertz CT molecular complexity index is 598. The molecule has 1 aliphatic rings. The van der Waals surface area contributed by atoms with Crippen molar-refractivity contribution in [2.45, 2.75) is 65.2 Å². The molecule has 2 rings (SSSR count). The molecule has 0 aliphatic heterocycles. The fourth-order valence-electron chi connectivity index (χ4n) is 3.74. The van der Waals surface area contributed by atoms with E-state index in [0.29, 0.717) is 5.92 Å². The van der Waals surface area contributed by atoms with Crippen molar-refractivity contribution in [2.75, 3.05) is 0 Å². The van der Waals surface area contributed by atoms with Gasteiger partial charge in [0.05, 0.1) is 0 Å². The number of phenols is 2. The fourth-order valence-corrected chi connectivity index (χ4v) is 3.74. The van der Waals surface area contributed by atoms with Crippen molar-refractivity contribution in [3.8, 4) is 11.5 Å². The summed E-state index contributed by atoms with van der Waals surface area (Å²) in [7, 11) is 0. The van der Waals surface area contributed by atoms with Crippen molar-refractivity contribution in [3.05, 3.63) is 47.1 Å². The lowest BCUT2D eigenvalue weighted by Gasteiger charge is -2.32. The lowest BCUT2D eigenvalue weighted by molar-refractivity contribution is 0.423. The number of hydrogen-bond donors (Lipinski definition) is 2. The first-order valence-corrected chi connectivity index (χ1v) is 8.81. The van der Waals surface area contributed by atoms with Gasteiger partial charge in [0.2, 0.25) is 0 Å². The lowest BCUT2D eigenvalue weighted by Crippen LogP contribution is -2.18. The molecule has 0 unspecified atom stereocenters. The SMILES string of the molecule is C=C(C)[C@@H]1CCC(C)=C[C@H]1c1c(O)cc(O)cc1CCCCC. The second-order valence-corrected chi connectivity index (χ2v) is 7.03. The maximum absolute atomic E-state index is 10.5. The number of hydrogen-bond acceptors (Lipinski definition) is 2. The fraction of sp³-hybridized carbons (Fsp3) is 0.524. The van der Waals surface area contributed by atoms with Crippen LogP contribution in [-0.4, -0.2) is 10.2 Å². The predicted octanol–water partition coefficient (Wildman–Crippen LogP) is 5.85. The van der Waals surface area contributed by atoms with Crippen molar-refractivity contribution in [1.82, 2.24) is 0 Å². The molecule has 0 fully saturated rings. The van der Waals surface area contributed by atoms with Gasteiger partial charge in [-0.25, -0.2) is 0 Å². The second-order valence-electron chi connectivity index (χ2n) is 7.03.